The van der Waals surface area contributed by atoms with E-state index in [4.69, 9.17) is 0 Å². The van der Waals surface area contributed by atoms with Gasteiger partial charge in [-0.1, -0.05) is 102 Å². The maximum Gasteiger partial charge on any atom is 0.228 e. The fraction of sp³-hybridized carbons (Fsp3) is 0.486. The number of carbonyl (C=O) groups is 1. The van der Waals surface area contributed by atoms with Gasteiger partial charge in [-0.05, 0) is 72.9 Å². The van der Waals surface area contributed by atoms with E-state index in [2.05, 4.69) is 117 Å². The summed E-state index contributed by atoms with van der Waals surface area (Å²) in [6.45, 7) is 7.48. The number of nitrogens with one attached hydrogen (secondary N) is 1. The van der Waals surface area contributed by atoms with Crippen molar-refractivity contribution in [2.45, 2.75) is 76.4 Å². The Morgan fingerprint density at radius 2 is 1.71 bits per heavy atom. The third kappa shape index (κ3) is 6.39. The van der Waals surface area contributed by atoms with E-state index < -0.39 is 0 Å². The second-order valence-electron chi connectivity index (χ2n) is 13.0. The first-order chi connectivity index (χ1) is 20.5. The molecule has 0 bridgehead atoms. The highest BCUT2D eigenvalue weighted by Crippen LogP contribution is 2.44. The second-order valence-corrected chi connectivity index (χ2v) is 13.9. The van der Waals surface area contributed by atoms with Gasteiger partial charge in [0.2, 0.25) is 5.91 Å². The Morgan fingerprint density at radius 1 is 1.00 bits per heavy atom. The van der Waals surface area contributed by atoms with Crippen LogP contribution in [0.25, 0.3) is 0 Å². The van der Waals surface area contributed by atoms with Gasteiger partial charge in [-0.15, -0.1) is 0 Å². The molecule has 2 heterocycles. The van der Waals surface area contributed by atoms with Crippen LogP contribution < -0.4 is 5.32 Å². The van der Waals surface area contributed by atoms with Crippen molar-refractivity contribution < 1.29 is 4.79 Å². The van der Waals surface area contributed by atoms with Crippen molar-refractivity contribution in [2.75, 3.05) is 26.2 Å². The smallest absolute Gasteiger partial charge is 0.228 e. The van der Waals surface area contributed by atoms with Crippen LogP contribution in [-0.2, 0) is 29.7 Å². The van der Waals surface area contributed by atoms with Gasteiger partial charge in [-0.3, -0.25) is 9.69 Å². The predicted molar refractivity (Wildman–Crippen MR) is 175 cm³/mol. The van der Waals surface area contributed by atoms with Crippen LogP contribution in [-0.4, -0.2) is 47.9 Å². The molecule has 3 aromatic carbocycles. The molecule has 3 unspecified atom stereocenters. The molecule has 2 fully saturated rings. The van der Waals surface area contributed by atoms with E-state index in [0.29, 0.717) is 11.8 Å². The lowest BCUT2D eigenvalue weighted by atomic mass is 9.67. The molecule has 0 aromatic heterocycles. The van der Waals surface area contributed by atoms with Crippen molar-refractivity contribution in [3.05, 3.63) is 106 Å². The van der Waals surface area contributed by atoms with Gasteiger partial charge in [0.1, 0.15) is 0 Å². The van der Waals surface area contributed by atoms with E-state index in [9.17, 15) is 4.79 Å². The van der Waals surface area contributed by atoms with Gasteiger partial charge >= 0.3 is 0 Å². The number of fused-ring (bicyclic) bond motifs is 2. The molecule has 1 saturated carbocycles. The SMILES string of the molecule is CC(C1CCCCC1)N(CCCc1ccccc1)C(=O)C1CNCC12CN(Cc1ccccc1)Cc1cc(Br)ccc12. The minimum absolute atomic E-state index is 0.0706. The van der Waals surface area contributed by atoms with Crippen LogP contribution in [0.1, 0.15) is 67.7 Å². The van der Waals surface area contributed by atoms with Crippen molar-refractivity contribution >= 4 is 21.8 Å². The largest absolute Gasteiger partial charge is 0.339 e. The molecular formula is C37H46BrN3O. The summed E-state index contributed by atoms with van der Waals surface area (Å²) >= 11 is 3.74. The Bertz CT molecular complexity index is 1330. The monoisotopic (exact) mass is 627 g/mol. The summed E-state index contributed by atoms with van der Waals surface area (Å²) < 4.78 is 1.11. The lowest BCUT2D eigenvalue weighted by Gasteiger charge is -2.47. The quantitative estimate of drug-likeness (QED) is 0.269. The Labute approximate surface area is 261 Å². The molecular weight excluding hydrogens is 582 g/mol. The number of hydrogen-bond acceptors (Lipinski definition) is 3. The van der Waals surface area contributed by atoms with Gasteiger partial charge in [0, 0.05) is 55.2 Å². The first kappa shape index (κ1) is 29.6. The zero-order valence-corrected chi connectivity index (χ0v) is 26.7. The Kier molecular flexibility index (Phi) is 9.47. The summed E-state index contributed by atoms with van der Waals surface area (Å²) in [6, 6.07) is 28.6. The van der Waals surface area contributed by atoms with Crippen molar-refractivity contribution in [1.29, 1.82) is 0 Å². The third-order valence-electron chi connectivity index (χ3n) is 10.3. The fourth-order valence-electron chi connectivity index (χ4n) is 8.13. The number of hydrogen-bond donors (Lipinski definition) is 1. The number of nitrogens with zero attached hydrogens (tertiary/aromatic N) is 2. The number of benzene rings is 3. The van der Waals surface area contributed by atoms with Crippen LogP contribution in [0.4, 0.5) is 0 Å². The minimum Gasteiger partial charge on any atom is -0.339 e. The number of amides is 1. The van der Waals surface area contributed by atoms with E-state index in [-0.39, 0.29) is 17.4 Å². The highest BCUT2D eigenvalue weighted by atomic mass is 79.9. The summed E-state index contributed by atoms with van der Waals surface area (Å²) in [5.74, 6) is 0.897. The average molecular weight is 629 g/mol. The van der Waals surface area contributed by atoms with Crippen LogP contribution in [0.2, 0.25) is 0 Å². The Balaban J connectivity index is 1.30. The van der Waals surface area contributed by atoms with E-state index in [1.807, 2.05) is 0 Å². The first-order valence-corrected chi connectivity index (χ1v) is 16.9. The molecule has 42 heavy (non-hydrogen) atoms. The van der Waals surface area contributed by atoms with Crippen LogP contribution in [0.3, 0.4) is 0 Å². The predicted octanol–water partition coefficient (Wildman–Crippen LogP) is 7.35. The Morgan fingerprint density at radius 3 is 2.45 bits per heavy atom. The van der Waals surface area contributed by atoms with Crippen LogP contribution in [0.5, 0.6) is 0 Å². The molecule has 222 valence electrons. The van der Waals surface area contributed by atoms with E-state index >= 15 is 0 Å². The molecule has 4 nitrogen and oxygen atoms in total. The van der Waals surface area contributed by atoms with Crippen molar-refractivity contribution in [1.82, 2.24) is 15.1 Å². The summed E-state index contributed by atoms with van der Waals surface area (Å²) in [4.78, 5) is 19.8. The molecule has 3 aliphatic rings. The second kappa shape index (κ2) is 13.4. The van der Waals surface area contributed by atoms with Gasteiger partial charge in [0.25, 0.3) is 0 Å². The van der Waals surface area contributed by atoms with Gasteiger partial charge in [0.05, 0.1) is 5.92 Å². The lowest BCUT2D eigenvalue weighted by molar-refractivity contribution is -0.141. The summed E-state index contributed by atoms with van der Waals surface area (Å²) in [5.41, 5.74) is 5.17. The van der Waals surface area contributed by atoms with Crippen molar-refractivity contribution in [2.24, 2.45) is 11.8 Å². The first-order valence-electron chi connectivity index (χ1n) is 16.1. The van der Waals surface area contributed by atoms with E-state index in [1.54, 1.807) is 0 Å². The Hall–Kier alpha value is -2.47. The molecule has 5 heteroatoms. The number of carbonyl (C=O) groups excluding carboxylic acids is 1. The number of aryl methyl sites for hydroxylation is 1. The maximum atomic E-state index is 14.9. The molecule has 6 rings (SSSR count). The van der Waals surface area contributed by atoms with Crippen LogP contribution in [0, 0.1) is 11.8 Å². The van der Waals surface area contributed by atoms with Gasteiger partial charge in [0.15, 0.2) is 0 Å². The molecule has 1 saturated heterocycles. The molecule has 2 aliphatic heterocycles. The average Bonchev–Trinajstić information content (AvgIpc) is 3.43. The third-order valence-corrected chi connectivity index (χ3v) is 10.8. The number of rotatable bonds is 9. The standard InChI is InChI=1S/C37H46BrN3O/c1-28(31-17-9-4-10-18-31)41(21-11-16-29-12-5-2-6-13-29)36(42)35-23-39-26-37(35)27-40(24-30-14-7-3-8-15-30)25-32-22-33(38)19-20-34(32)37/h2-3,5-8,12-15,19-20,22,28,31,35,39H,4,9-11,16-18,21,23-27H2,1H3. The maximum absolute atomic E-state index is 14.9. The van der Waals surface area contributed by atoms with E-state index in [0.717, 1.165) is 56.6 Å². The van der Waals surface area contributed by atoms with Gasteiger partial charge in [-0.2, -0.15) is 0 Å². The molecule has 1 N–H and O–H groups in total. The normalized spacial score (nSPS) is 23.5. The number of halogens is 1. The zero-order chi connectivity index (χ0) is 28.9. The molecule has 1 amide bonds. The highest BCUT2D eigenvalue weighted by Gasteiger charge is 2.53. The molecule has 3 atom stereocenters. The van der Waals surface area contributed by atoms with Crippen molar-refractivity contribution in [3.8, 4) is 0 Å². The van der Waals surface area contributed by atoms with Crippen molar-refractivity contribution in [3.63, 3.8) is 0 Å². The lowest BCUT2D eigenvalue weighted by Crippen LogP contribution is -2.56. The van der Waals surface area contributed by atoms with Crippen LogP contribution in [0.15, 0.2) is 83.3 Å². The molecule has 0 radical (unpaired) electrons. The molecule has 1 aliphatic carbocycles. The van der Waals surface area contributed by atoms with Crippen LogP contribution >= 0.6 is 15.9 Å². The van der Waals surface area contributed by atoms with Gasteiger partial charge < -0.3 is 10.2 Å². The fourth-order valence-corrected chi connectivity index (χ4v) is 8.54. The minimum atomic E-state index is -0.232. The van der Waals surface area contributed by atoms with Gasteiger partial charge in [-0.25, -0.2) is 0 Å². The zero-order valence-electron chi connectivity index (χ0n) is 25.1. The summed E-state index contributed by atoms with van der Waals surface area (Å²) in [7, 11) is 0. The summed E-state index contributed by atoms with van der Waals surface area (Å²) in [5, 5.41) is 3.72. The highest BCUT2D eigenvalue weighted by molar-refractivity contribution is 9.10. The topological polar surface area (TPSA) is 35.6 Å². The summed E-state index contributed by atoms with van der Waals surface area (Å²) in [6.07, 6.45) is 8.45. The molecule has 1 spiro atoms. The molecule has 3 aromatic rings. The van der Waals surface area contributed by atoms with E-state index in [1.165, 1.54) is 54.4 Å².